The van der Waals surface area contributed by atoms with Crippen LogP contribution in [-0.4, -0.2) is 30.2 Å². The number of halogens is 3. The van der Waals surface area contributed by atoms with Crippen LogP contribution in [0.4, 0.5) is 13.2 Å². The van der Waals surface area contributed by atoms with Crippen LogP contribution in [0.1, 0.15) is 22.9 Å². The molecule has 2 N–H and O–H groups in total. The molecule has 0 aliphatic rings. The van der Waals surface area contributed by atoms with Gasteiger partial charge in [0, 0.05) is 12.7 Å². The predicted molar refractivity (Wildman–Crippen MR) is 110 cm³/mol. The van der Waals surface area contributed by atoms with E-state index in [9.17, 15) is 18.0 Å². The molecule has 3 rings (SSSR count). The van der Waals surface area contributed by atoms with Crippen molar-refractivity contribution in [2.45, 2.75) is 18.8 Å². The van der Waals surface area contributed by atoms with Crippen LogP contribution in [0.2, 0.25) is 0 Å². The van der Waals surface area contributed by atoms with Crippen LogP contribution in [0.25, 0.3) is 0 Å². The Labute approximate surface area is 178 Å². The van der Waals surface area contributed by atoms with Crippen molar-refractivity contribution >= 4 is 5.91 Å². The fourth-order valence-corrected chi connectivity index (χ4v) is 2.95. The maximum atomic E-state index is 12.4. The quantitative estimate of drug-likeness (QED) is 0.539. The van der Waals surface area contributed by atoms with Crippen LogP contribution in [0, 0.1) is 0 Å². The molecule has 0 saturated carbocycles. The summed E-state index contributed by atoms with van der Waals surface area (Å²) in [6.45, 7) is -1.15. The molecule has 1 aromatic heterocycles. The van der Waals surface area contributed by atoms with Gasteiger partial charge in [0.25, 0.3) is 0 Å². The summed E-state index contributed by atoms with van der Waals surface area (Å²) in [7, 11) is 0. The first kappa shape index (κ1) is 22.3. The number of aromatic nitrogens is 1. The van der Waals surface area contributed by atoms with Crippen molar-refractivity contribution in [2.24, 2.45) is 0 Å². The van der Waals surface area contributed by atoms with Crippen LogP contribution in [0.15, 0.2) is 79.0 Å². The number of ether oxygens (including phenoxy) is 1. The first-order valence-electron chi connectivity index (χ1n) is 9.65. The van der Waals surface area contributed by atoms with Gasteiger partial charge in [-0.25, -0.2) is 0 Å². The van der Waals surface area contributed by atoms with Crippen LogP contribution >= 0.6 is 0 Å². The molecule has 1 atom stereocenters. The molecule has 2 aromatic carbocycles. The largest absolute Gasteiger partial charge is 0.484 e. The van der Waals surface area contributed by atoms with E-state index in [0.717, 1.165) is 11.3 Å². The molecule has 0 aliphatic carbocycles. The number of nitrogens with zero attached hydrogens (tertiary/aromatic N) is 1. The highest BCUT2D eigenvalue weighted by Crippen LogP contribution is 2.20. The Bertz CT molecular complexity index is 927. The van der Waals surface area contributed by atoms with Gasteiger partial charge in [-0.2, -0.15) is 13.2 Å². The summed E-state index contributed by atoms with van der Waals surface area (Å²) < 4.78 is 41.6. The number of alkyl halides is 3. The Hall–Kier alpha value is -3.39. The molecule has 0 aliphatic heterocycles. The number of nitrogens with one attached hydrogen (secondary N) is 2. The lowest BCUT2D eigenvalue weighted by atomic mass is 10.0. The second-order valence-electron chi connectivity index (χ2n) is 6.81. The van der Waals surface area contributed by atoms with Gasteiger partial charge in [-0.1, -0.05) is 48.5 Å². The summed E-state index contributed by atoms with van der Waals surface area (Å²) >= 11 is 0. The van der Waals surface area contributed by atoms with Crippen molar-refractivity contribution in [3.05, 3.63) is 95.8 Å². The number of hydrogen-bond donors (Lipinski definition) is 2. The minimum Gasteiger partial charge on any atom is -0.484 e. The van der Waals surface area contributed by atoms with E-state index in [1.54, 1.807) is 18.3 Å². The van der Waals surface area contributed by atoms with Crippen molar-refractivity contribution in [3.63, 3.8) is 0 Å². The SMILES string of the molecule is O=C(CNC(c1ccccc1)c1ccccn1)NCc1cccc(OCC(F)(F)F)c1. The van der Waals surface area contributed by atoms with E-state index < -0.39 is 12.8 Å². The molecular formula is C23H22F3N3O2. The second kappa shape index (κ2) is 10.6. The van der Waals surface area contributed by atoms with Gasteiger partial charge in [-0.05, 0) is 35.4 Å². The Morgan fingerprint density at radius 2 is 1.77 bits per heavy atom. The van der Waals surface area contributed by atoms with Crippen molar-refractivity contribution in [1.82, 2.24) is 15.6 Å². The molecule has 1 unspecified atom stereocenters. The molecule has 3 aromatic rings. The topological polar surface area (TPSA) is 63.2 Å². The van der Waals surface area contributed by atoms with Crippen molar-refractivity contribution < 1.29 is 22.7 Å². The van der Waals surface area contributed by atoms with Crippen molar-refractivity contribution in [1.29, 1.82) is 0 Å². The summed E-state index contributed by atoms with van der Waals surface area (Å²) in [4.78, 5) is 16.7. The zero-order valence-corrected chi connectivity index (χ0v) is 16.6. The zero-order chi connectivity index (χ0) is 22.1. The van der Waals surface area contributed by atoms with E-state index in [0.29, 0.717) is 5.56 Å². The summed E-state index contributed by atoms with van der Waals surface area (Å²) in [5.41, 5.74) is 2.40. The highest BCUT2D eigenvalue weighted by Gasteiger charge is 2.28. The Balaban J connectivity index is 1.55. The van der Waals surface area contributed by atoms with Crippen LogP contribution in [-0.2, 0) is 11.3 Å². The third kappa shape index (κ3) is 7.42. The maximum absolute atomic E-state index is 12.4. The molecule has 0 fully saturated rings. The van der Waals surface area contributed by atoms with Gasteiger partial charge in [0.15, 0.2) is 6.61 Å². The lowest BCUT2D eigenvalue weighted by molar-refractivity contribution is -0.153. The van der Waals surface area contributed by atoms with Gasteiger partial charge < -0.3 is 10.1 Å². The number of hydrogen-bond acceptors (Lipinski definition) is 4. The fourth-order valence-electron chi connectivity index (χ4n) is 2.95. The predicted octanol–water partition coefficient (Wildman–Crippen LogP) is 4.02. The number of benzene rings is 2. The van der Waals surface area contributed by atoms with Gasteiger partial charge in [-0.3, -0.25) is 15.1 Å². The first-order chi connectivity index (χ1) is 14.9. The van der Waals surface area contributed by atoms with Gasteiger partial charge >= 0.3 is 6.18 Å². The summed E-state index contributed by atoms with van der Waals surface area (Å²) in [6.07, 6.45) is -2.71. The molecular weight excluding hydrogens is 407 g/mol. The number of amides is 1. The first-order valence-corrected chi connectivity index (χ1v) is 9.65. The van der Waals surface area contributed by atoms with E-state index in [4.69, 9.17) is 4.74 Å². The van der Waals surface area contributed by atoms with Crippen LogP contribution in [0.3, 0.4) is 0 Å². The monoisotopic (exact) mass is 429 g/mol. The Morgan fingerprint density at radius 1 is 1.00 bits per heavy atom. The maximum Gasteiger partial charge on any atom is 0.422 e. The Kier molecular flexibility index (Phi) is 7.61. The smallest absolute Gasteiger partial charge is 0.422 e. The van der Waals surface area contributed by atoms with Gasteiger partial charge in [0.2, 0.25) is 5.91 Å². The van der Waals surface area contributed by atoms with Crippen LogP contribution < -0.4 is 15.4 Å². The molecule has 1 amide bonds. The van der Waals surface area contributed by atoms with Crippen molar-refractivity contribution in [3.8, 4) is 5.75 Å². The molecule has 0 saturated heterocycles. The summed E-state index contributed by atoms with van der Waals surface area (Å²) in [6, 6.07) is 21.2. The van der Waals surface area contributed by atoms with Gasteiger partial charge in [0.05, 0.1) is 18.3 Å². The normalized spacial score (nSPS) is 12.2. The minimum atomic E-state index is -4.40. The van der Waals surface area contributed by atoms with Crippen molar-refractivity contribution in [2.75, 3.05) is 13.2 Å². The molecule has 162 valence electrons. The number of carbonyl (C=O) groups is 1. The van der Waals surface area contributed by atoms with Gasteiger partial charge in [0.1, 0.15) is 5.75 Å². The second-order valence-corrected chi connectivity index (χ2v) is 6.81. The fraction of sp³-hybridized carbons (Fsp3) is 0.217. The molecule has 31 heavy (non-hydrogen) atoms. The lowest BCUT2D eigenvalue weighted by Gasteiger charge is -2.18. The van der Waals surface area contributed by atoms with E-state index >= 15 is 0 Å². The van der Waals surface area contributed by atoms with Crippen LogP contribution in [0.5, 0.6) is 5.75 Å². The standard InChI is InChI=1S/C23H22F3N3O2/c24-23(25,26)16-31-19-10-6-7-17(13-19)14-28-21(30)15-29-22(18-8-2-1-3-9-18)20-11-4-5-12-27-20/h1-13,22,29H,14-16H2,(H,28,30). The van der Waals surface area contributed by atoms with E-state index in [1.807, 2.05) is 48.5 Å². The number of pyridine rings is 1. The molecule has 8 heteroatoms. The average molecular weight is 429 g/mol. The number of carbonyl (C=O) groups excluding carboxylic acids is 1. The average Bonchev–Trinajstić information content (AvgIpc) is 2.78. The molecule has 5 nitrogen and oxygen atoms in total. The highest BCUT2D eigenvalue weighted by atomic mass is 19.4. The van der Waals surface area contributed by atoms with E-state index in [-0.39, 0.29) is 30.8 Å². The third-order valence-electron chi connectivity index (χ3n) is 4.37. The molecule has 0 radical (unpaired) electrons. The third-order valence-corrected chi connectivity index (χ3v) is 4.37. The highest BCUT2D eigenvalue weighted by molar-refractivity contribution is 5.78. The zero-order valence-electron chi connectivity index (χ0n) is 16.6. The molecule has 0 spiro atoms. The molecule has 1 heterocycles. The molecule has 0 bridgehead atoms. The summed E-state index contributed by atoms with van der Waals surface area (Å²) in [5.74, 6) is -0.153. The van der Waals surface area contributed by atoms with E-state index in [2.05, 4.69) is 15.6 Å². The lowest BCUT2D eigenvalue weighted by Crippen LogP contribution is -2.36. The van der Waals surface area contributed by atoms with Gasteiger partial charge in [-0.15, -0.1) is 0 Å². The Morgan fingerprint density at radius 3 is 2.48 bits per heavy atom. The minimum absolute atomic E-state index is 0.0421. The number of rotatable bonds is 9. The van der Waals surface area contributed by atoms with E-state index in [1.165, 1.54) is 12.1 Å². The summed E-state index contributed by atoms with van der Waals surface area (Å²) in [5, 5.41) is 5.97.